The molecule has 120 valence electrons. The molecule has 0 aromatic heterocycles. The van der Waals surface area contributed by atoms with Crippen LogP contribution >= 0.6 is 11.6 Å². The molecular weight excluding hydrogens is 319 g/mol. The third kappa shape index (κ3) is 4.79. The molecule has 0 fully saturated rings. The van der Waals surface area contributed by atoms with Crippen LogP contribution in [0, 0.1) is 12.7 Å². The average Bonchev–Trinajstić information content (AvgIpc) is 2.51. The van der Waals surface area contributed by atoms with E-state index in [9.17, 15) is 9.18 Å². The van der Waals surface area contributed by atoms with Crippen LogP contribution in [0.1, 0.15) is 18.1 Å². The van der Waals surface area contributed by atoms with Gasteiger partial charge in [0.1, 0.15) is 11.6 Å². The second-order valence-electron chi connectivity index (χ2n) is 4.93. The maximum absolute atomic E-state index is 13.4. The summed E-state index contributed by atoms with van der Waals surface area (Å²) < 4.78 is 19.0. The number of carbonyl (C=O) groups is 1. The van der Waals surface area contributed by atoms with E-state index in [1.165, 1.54) is 12.3 Å². The molecule has 0 aliphatic rings. The fourth-order valence-electron chi connectivity index (χ4n) is 1.83. The zero-order chi connectivity index (χ0) is 16.8. The molecule has 0 saturated heterocycles. The summed E-state index contributed by atoms with van der Waals surface area (Å²) in [5.41, 5.74) is 3.43. The first-order valence-electron chi connectivity index (χ1n) is 6.97. The van der Waals surface area contributed by atoms with Crippen molar-refractivity contribution in [2.45, 2.75) is 20.0 Å². The molecule has 0 heterocycles. The molecule has 1 unspecified atom stereocenters. The summed E-state index contributed by atoms with van der Waals surface area (Å²) in [4.78, 5) is 11.9. The van der Waals surface area contributed by atoms with Gasteiger partial charge in [0, 0.05) is 10.6 Å². The monoisotopic (exact) mass is 334 g/mol. The van der Waals surface area contributed by atoms with Crippen molar-refractivity contribution in [1.29, 1.82) is 0 Å². The van der Waals surface area contributed by atoms with Crippen molar-refractivity contribution in [2.75, 3.05) is 0 Å². The lowest BCUT2D eigenvalue weighted by Gasteiger charge is -2.14. The van der Waals surface area contributed by atoms with E-state index in [4.69, 9.17) is 16.3 Å². The maximum atomic E-state index is 13.4. The molecule has 4 nitrogen and oxygen atoms in total. The average molecular weight is 335 g/mol. The normalized spacial score (nSPS) is 12.2. The van der Waals surface area contributed by atoms with Crippen molar-refractivity contribution in [1.82, 2.24) is 5.43 Å². The lowest BCUT2D eigenvalue weighted by molar-refractivity contribution is -0.127. The molecule has 2 rings (SSSR count). The summed E-state index contributed by atoms with van der Waals surface area (Å²) in [5, 5.41) is 4.33. The molecule has 6 heteroatoms. The van der Waals surface area contributed by atoms with Crippen molar-refractivity contribution in [2.24, 2.45) is 5.10 Å². The standard InChI is InChI=1S/C17H16ClFN2O2/c1-11-9-14(18)7-8-16(11)23-12(2)17(22)21-20-10-13-5-3-4-6-15(13)19/h3-10,12H,1-2H3,(H,21,22)/b20-10+. The molecule has 0 saturated carbocycles. The van der Waals surface area contributed by atoms with E-state index in [-0.39, 0.29) is 5.56 Å². The third-order valence-electron chi connectivity index (χ3n) is 3.09. The van der Waals surface area contributed by atoms with E-state index in [0.29, 0.717) is 10.8 Å². The Morgan fingerprint density at radius 2 is 2.09 bits per heavy atom. The minimum atomic E-state index is -0.757. The first-order chi connectivity index (χ1) is 11.0. The van der Waals surface area contributed by atoms with Gasteiger partial charge >= 0.3 is 0 Å². The first kappa shape index (κ1) is 17.0. The van der Waals surface area contributed by atoms with E-state index >= 15 is 0 Å². The zero-order valence-electron chi connectivity index (χ0n) is 12.7. The fraction of sp³-hybridized carbons (Fsp3) is 0.176. The topological polar surface area (TPSA) is 50.7 Å². The van der Waals surface area contributed by atoms with E-state index in [1.54, 1.807) is 43.3 Å². The maximum Gasteiger partial charge on any atom is 0.280 e. The van der Waals surface area contributed by atoms with E-state index in [1.807, 2.05) is 6.92 Å². The van der Waals surface area contributed by atoms with Gasteiger partial charge in [-0.1, -0.05) is 29.8 Å². The molecule has 1 N–H and O–H groups in total. The number of amides is 1. The van der Waals surface area contributed by atoms with Gasteiger partial charge in [0.15, 0.2) is 6.10 Å². The number of nitrogens with zero attached hydrogens (tertiary/aromatic N) is 1. The van der Waals surface area contributed by atoms with Gasteiger partial charge in [0.05, 0.1) is 6.21 Å². The lowest BCUT2D eigenvalue weighted by Crippen LogP contribution is -2.33. The van der Waals surface area contributed by atoms with Crippen LogP contribution < -0.4 is 10.2 Å². The van der Waals surface area contributed by atoms with Gasteiger partial charge in [-0.15, -0.1) is 0 Å². The van der Waals surface area contributed by atoms with E-state index < -0.39 is 17.8 Å². The summed E-state index contributed by atoms with van der Waals surface area (Å²) in [6.45, 7) is 3.43. The number of rotatable bonds is 5. The molecule has 1 amide bonds. The van der Waals surface area contributed by atoms with Gasteiger partial charge in [0.2, 0.25) is 0 Å². The Hall–Kier alpha value is -2.40. The van der Waals surface area contributed by atoms with Gasteiger partial charge < -0.3 is 4.74 Å². The molecule has 23 heavy (non-hydrogen) atoms. The number of nitrogens with one attached hydrogen (secondary N) is 1. The fourth-order valence-corrected chi connectivity index (χ4v) is 2.05. The summed E-state index contributed by atoms with van der Waals surface area (Å²) in [6, 6.07) is 11.3. The SMILES string of the molecule is Cc1cc(Cl)ccc1OC(C)C(=O)N/N=C/c1ccccc1F. The molecule has 1 atom stereocenters. The van der Waals surface area contributed by atoms with Crippen LogP contribution in [0.15, 0.2) is 47.6 Å². The number of ether oxygens (including phenoxy) is 1. The quantitative estimate of drug-likeness (QED) is 0.669. The second-order valence-corrected chi connectivity index (χ2v) is 5.36. The smallest absolute Gasteiger partial charge is 0.280 e. The Morgan fingerprint density at radius 3 is 2.78 bits per heavy atom. The zero-order valence-corrected chi connectivity index (χ0v) is 13.5. The largest absolute Gasteiger partial charge is 0.481 e. The number of aryl methyl sites for hydroxylation is 1. The highest BCUT2D eigenvalue weighted by Gasteiger charge is 2.15. The molecule has 2 aromatic rings. The van der Waals surface area contributed by atoms with Crippen LogP contribution in [-0.2, 0) is 4.79 Å². The lowest BCUT2D eigenvalue weighted by atomic mass is 10.2. The Labute approximate surface area is 138 Å². The number of hydrogen-bond donors (Lipinski definition) is 1. The summed E-state index contributed by atoms with van der Waals surface area (Å²) in [5.74, 6) is -0.284. The highest BCUT2D eigenvalue weighted by atomic mass is 35.5. The summed E-state index contributed by atoms with van der Waals surface area (Å²) >= 11 is 5.87. The number of hydrogen-bond acceptors (Lipinski definition) is 3. The van der Waals surface area contributed by atoms with Crippen LogP contribution in [0.2, 0.25) is 5.02 Å². The van der Waals surface area contributed by atoms with Crippen LogP contribution in [0.4, 0.5) is 4.39 Å². The molecule has 0 aliphatic carbocycles. The number of benzene rings is 2. The predicted molar refractivity (Wildman–Crippen MR) is 88.4 cm³/mol. The van der Waals surface area contributed by atoms with Gasteiger partial charge in [-0.05, 0) is 43.7 Å². The Balaban J connectivity index is 1.94. The Morgan fingerprint density at radius 1 is 1.35 bits per heavy atom. The molecule has 0 bridgehead atoms. The van der Waals surface area contributed by atoms with Crippen molar-refractivity contribution < 1.29 is 13.9 Å². The van der Waals surface area contributed by atoms with Crippen LogP contribution in [0.5, 0.6) is 5.75 Å². The summed E-state index contributed by atoms with van der Waals surface area (Å²) in [6.07, 6.45) is 0.487. The van der Waals surface area contributed by atoms with Gasteiger partial charge in [0.25, 0.3) is 5.91 Å². The Kier molecular flexibility index (Phi) is 5.71. The van der Waals surface area contributed by atoms with Gasteiger partial charge in [-0.25, -0.2) is 9.82 Å². The van der Waals surface area contributed by atoms with Crippen molar-refractivity contribution >= 4 is 23.7 Å². The Bertz CT molecular complexity index is 734. The van der Waals surface area contributed by atoms with Crippen LogP contribution in [0.25, 0.3) is 0 Å². The minimum absolute atomic E-state index is 0.287. The summed E-state index contributed by atoms with van der Waals surface area (Å²) in [7, 11) is 0. The van der Waals surface area contributed by atoms with E-state index in [2.05, 4.69) is 10.5 Å². The van der Waals surface area contributed by atoms with Crippen molar-refractivity contribution in [3.05, 3.63) is 64.4 Å². The highest BCUT2D eigenvalue weighted by Crippen LogP contribution is 2.22. The molecular formula is C17H16ClFN2O2. The first-order valence-corrected chi connectivity index (χ1v) is 7.35. The molecule has 0 aliphatic heterocycles. The highest BCUT2D eigenvalue weighted by molar-refractivity contribution is 6.30. The van der Waals surface area contributed by atoms with Crippen molar-refractivity contribution in [3.8, 4) is 5.75 Å². The molecule has 0 spiro atoms. The number of hydrazone groups is 1. The van der Waals surface area contributed by atoms with E-state index in [0.717, 1.165) is 5.56 Å². The number of halogens is 2. The van der Waals surface area contributed by atoms with Crippen molar-refractivity contribution in [3.63, 3.8) is 0 Å². The predicted octanol–water partition coefficient (Wildman–Crippen LogP) is 3.71. The third-order valence-corrected chi connectivity index (χ3v) is 3.33. The molecule has 2 aromatic carbocycles. The molecule has 0 radical (unpaired) electrons. The van der Waals surface area contributed by atoms with Crippen LogP contribution in [0.3, 0.4) is 0 Å². The minimum Gasteiger partial charge on any atom is -0.481 e. The van der Waals surface area contributed by atoms with Gasteiger partial charge in [-0.2, -0.15) is 5.10 Å². The second kappa shape index (κ2) is 7.74. The number of carbonyl (C=O) groups excluding carboxylic acids is 1. The van der Waals surface area contributed by atoms with Crippen LogP contribution in [-0.4, -0.2) is 18.2 Å². The van der Waals surface area contributed by atoms with Gasteiger partial charge in [-0.3, -0.25) is 4.79 Å².